The number of pyridine rings is 1. The zero-order valence-corrected chi connectivity index (χ0v) is 37.6. The van der Waals surface area contributed by atoms with Crippen LogP contribution in [0, 0.1) is 23.7 Å². The van der Waals surface area contributed by atoms with Gasteiger partial charge < -0.3 is 49.0 Å². The minimum absolute atomic E-state index is 0.0479. The number of aliphatic hydroxyl groups excluding tert-OH is 2. The Morgan fingerprint density at radius 1 is 1.08 bits per heavy atom. The van der Waals surface area contributed by atoms with E-state index in [1.165, 1.54) is 13.2 Å². The van der Waals surface area contributed by atoms with Gasteiger partial charge in [0.1, 0.15) is 35.7 Å². The Hall–Kier alpha value is -4.20. The molecule has 2 aromatic rings. The highest BCUT2D eigenvalue weighted by molar-refractivity contribution is 6.08. The summed E-state index contributed by atoms with van der Waals surface area (Å²) in [6.07, 6.45) is -4.35. The van der Waals surface area contributed by atoms with Crippen LogP contribution in [0.1, 0.15) is 99.6 Å². The number of esters is 1. The van der Waals surface area contributed by atoms with Gasteiger partial charge >= 0.3 is 5.97 Å². The molecule has 13 atom stereocenters. The van der Waals surface area contributed by atoms with E-state index in [1.807, 2.05) is 39.8 Å². The van der Waals surface area contributed by atoms with Gasteiger partial charge in [-0.15, -0.1) is 0 Å². The number of anilines is 1. The van der Waals surface area contributed by atoms with Crippen molar-refractivity contribution in [3.05, 3.63) is 30.2 Å². The van der Waals surface area contributed by atoms with Crippen LogP contribution in [0.5, 0.6) is 0 Å². The molecule has 0 aromatic carbocycles. The maximum absolute atomic E-state index is 16.9. The van der Waals surface area contributed by atoms with E-state index in [2.05, 4.69) is 20.1 Å². The number of ketones is 1. The van der Waals surface area contributed by atoms with Crippen LogP contribution >= 0.6 is 0 Å². The fraction of sp³-hybridized carbons (Fsp3) is 0.705. The smallest absolute Gasteiger partial charge is 0.351 e. The largest absolute Gasteiger partial charge is 0.457 e. The van der Waals surface area contributed by atoms with Crippen LogP contribution in [0.4, 0.5) is 10.2 Å². The number of hydrogen-bond acceptors (Lipinski definition) is 16. The Labute approximate surface area is 362 Å². The number of nitrogens with two attached hydrogens (primary N) is 1. The van der Waals surface area contributed by atoms with E-state index < -0.39 is 83.4 Å². The van der Waals surface area contributed by atoms with Gasteiger partial charge in [-0.3, -0.25) is 9.59 Å². The van der Waals surface area contributed by atoms with E-state index in [-0.39, 0.29) is 63.2 Å². The number of Topliss-reactive ketones (excluding diaryl/α,β-unsaturated/α-hetero) is 1. The predicted molar refractivity (Wildman–Crippen MR) is 226 cm³/mol. The van der Waals surface area contributed by atoms with Crippen molar-refractivity contribution in [2.75, 3.05) is 26.4 Å². The van der Waals surface area contributed by atoms with Gasteiger partial charge in [-0.1, -0.05) is 45.8 Å². The summed E-state index contributed by atoms with van der Waals surface area (Å²) < 4.78 is 47.9. The zero-order valence-electron chi connectivity index (χ0n) is 37.6. The molecule has 18 heteroatoms. The minimum atomic E-state index is -3.18. The van der Waals surface area contributed by atoms with Crippen LogP contribution in [0.25, 0.3) is 11.6 Å². The molecule has 1 amide bonds. The lowest BCUT2D eigenvalue weighted by molar-refractivity contribution is -0.296. The first-order valence-electron chi connectivity index (χ1n) is 21.6. The molecule has 3 fully saturated rings. The molecule has 0 aliphatic carbocycles. The molecule has 0 saturated carbocycles. The number of cyclic esters (lactones) is 1. The highest BCUT2D eigenvalue weighted by Crippen LogP contribution is 2.41. The van der Waals surface area contributed by atoms with Gasteiger partial charge in [0.2, 0.25) is 11.8 Å². The number of oxazole rings is 1. The maximum atomic E-state index is 16.9. The molecular weight excluding hydrogens is 808 g/mol. The quantitative estimate of drug-likeness (QED) is 0.174. The first kappa shape index (κ1) is 48.8. The van der Waals surface area contributed by atoms with Crippen molar-refractivity contribution in [2.45, 2.75) is 155 Å². The van der Waals surface area contributed by atoms with E-state index in [9.17, 15) is 24.6 Å². The van der Waals surface area contributed by atoms with Crippen molar-refractivity contribution >= 4 is 34.9 Å². The van der Waals surface area contributed by atoms with E-state index in [1.54, 1.807) is 39.0 Å². The summed E-state index contributed by atoms with van der Waals surface area (Å²) in [4.78, 5) is 62.4. The number of rotatable bonds is 9. The highest BCUT2D eigenvalue weighted by Gasteiger charge is 2.55. The van der Waals surface area contributed by atoms with Gasteiger partial charge in [0.15, 0.2) is 18.7 Å². The normalized spacial score (nSPS) is 36.8. The number of aliphatic imine (C=N–C) groups is 1. The number of carbonyl (C=O) groups excluding carboxylic acids is 3. The fourth-order valence-corrected chi connectivity index (χ4v) is 8.94. The minimum Gasteiger partial charge on any atom is -0.457 e. The molecule has 17 nitrogen and oxygen atoms in total. The number of aliphatic hydroxyl groups is 2. The van der Waals surface area contributed by atoms with Crippen molar-refractivity contribution in [3.8, 4) is 11.6 Å². The number of amides is 1. The summed E-state index contributed by atoms with van der Waals surface area (Å²) in [5.41, 5.74) is 2.81. The predicted octanol–water partition coefficient (Wildman–Crippen LogP) is 4.86. The van der Waals surface area contributed by atoms with Gasteiger partial charge in [0.05, 0.1) is 36.2 Å². The third-order valence-electron chi connectivity index (χ3n) is 12.5. The lowest BCUT2D eigenvalue weighted by Gasteiger charge is -2.47. The molecule has 2 aromatic heterocycles. The summed E-state index contributed by atoms with van der Waals surface area (Å²) in [7, 11) is 3.64. The molecular formula is C44H65FN6O11. The Bertz CT molecular complexity index is 1940. The third kappa shape index (κ3) is 11.1. The topological polar surface area (TPSA) is 231 Å². The number of ether oxygens (including phenoxy) is 4. The Morgan fingerprint density at radius 3 is 2.47 bits per heavy atom. The second-order valence-electron chi connectivity index (χ2n) is 17.6. The summed E-state index contributed by atoms with van der Waals surface area (Å²) >= 11 is 0. The van der Waals surface area contributed by atoms with Crippen LogP contribution in [0.3, 0.4) is 0 Å². The van der Waals surface area contributed by atoms with E-state index in [0.29, 0.717) is 35.0 Å². The molecule has 4 N–H and O–H groups in total. The number of nitrogen functional groups attached to an aromatic ring is 1. The molecule has 344 valence electrons. The number of halogens is 1. The third-order valence-corrected chi connectivity index (χ3v) is 12.5. The summed E-state index contributed by atoms with van der Waals surface area (Å²) in [5, 5.41) is 28.3. The SMILES string of the molecule is CCC(=O)/N=C1\[C@H](C)C[C@@]2(C)OC/C(=N/OCc3coc(-c4cccc(N)n4)n3)CC[C@@H]([C@H](O)[C@@H](CC)OC(=O)[C@@](C)(F)C(=O)[C@H](C)[C@H]2O[C@@H]2O[C@H](C)C[C@H](N(C)C)[C@H]2O)[C@H]1C. The van der Waals surface area contributed by atoms with Crippen LogP contribution < -0.4 is 5.73 Å². The Kier molecular flexibility index (Phi) is 16.2. The summed E-state index contributed by atoms with van der Waals surface area (Å²) in [6.45, 7) is 12.6. The molecule has 3 aliphatic heterocycles. The van der Waals surface area contributed by atoms with Gasteiger partial charge in [-0.2, -0.15) is 0 Å². The fourth-order valence-electron chi connectivity index (χ4n) is 8.94. The number of hydrogen-bond donors (Lipinski definition) is 3. The standard InChI is InChI=1S/C44H65FN6O11/c1-11-32-36(53)29-17-16-27(50-59-22-28-20-57-40(47-28)30-14-13-15-33(46)48-30)21-58-43(7,19-23(3)35(25(29)5)49-34(52)12-2)39(26(6)38(55)44(8,45)42(56)61-32)62-41-37(54)31(51(9)10)18-24(4)60-41/h13-15,20,23-26,29,31-32,36-37,39,41,53-54H,11-12,16-19,21-22H2,1-10H3,(H2,46,48)/b49-35+,50-27+/t23-,24-,25-,26+,29-,31+,32-,36+,37-,39-,41+,43-,44+/m1/s1. The van der Waals surface area contributed by atoms with Crippen molar-refractivity contribution < 1.29 is 57.2 Å². The Balaban J connectivity index is 1.64. The number of likely N-dealkylation sites (N-methyl/N-ethyl adjacent to an activating group) is 1. The number of alkyl halides is 1. The van der Waals surface area contributed by atoms with E-state index in [4.69, 9.17) is 33.9 Å². The molecule has 5 heterocycles. The molecule has 0 spiro atoms. The van der Waals surface area contributed by atoms with Gasteiger partial charge in [-0.05, 0) is 90.9 Å². The van der Waals surface area contributed by atoms with Crippen molar-refractivity contribution in [1.82, 2.24) is 14.9 Å². The van der Waals surface area contributed by atoms with Crippen LogP contribution in [-0.4, -0.2) is 129 Å². The number of oxime groups is 1. The number of aromatic nitrogens is 2. The zero-order chi connectivity index (χ0) is 45.7. The molecule has 2 bridgehead atoms. The first-order chi connectivity index (χ1) is 29.2. The average Bonchev–Trinajstić information content (AvgIpc) is 3.70. The van der Waals surface area contributed by atoms with E-state index >= 15 is 4.39 Å². The van der Waals surface area contributed by atoms with Gasteiger partial charge in [0, 0.05) is 30.0 Å². The lowest BCUT2D eigenvalue weighted by Crippen LogP contribution is -2.60. The molecule has 0 unspecified atom stereocenters. The Morgan fingerprint density at radius 2 is 1.81 bits per heavy atom. The van der Waals surface area contributed by atoms with Crippen LogP contribution in [-0.2, 0) is 44.8 Å². The first-order valence-corrected chi connectivity index (χ1v) is 21.6. The summed E-state index contributed by atoms with van der Waals surface area (Å²) in [5.74, 6) is -5.75. The van der Waals surface area contributed by atoms with Crippen molar-refractivity contribution in [3.63, 3.8) is 0 Å². The molecule has 0 radical (unpaired) electrons. The van der Waals surface area contributed by atoms with E-state index in [0.717, 1.165) is 6.92 Å². The number of nitrogens with zero attached hydrogens (tertiary/aromatic N) is 5. The maximum Gasteiger partial charge on any atom is 0.351 e. The summed E-state index contributed by atoms with van der Waals surface area (Å²) in [6, 6.07) is 4.68. The van der Waals surface area contributed by atoms with Crippen molar-refractivity contribution in [2.24, 2.45) is 33.8 Å². The molecule has 62 heavy (non-hydrogen) atoms. The second kappa shape index (κ2) is 20.5. The van der Waals surface area contributed by atoms with Crippen LogP contribution in [0.15, 0.2) is 39.0 Å². The second-order valence-corrected chi connectivity index (χ2v) is 17.6. The molecule has 3 saturated heterocycles. The number of fused-ring (bicyclic) bond motifs is 5. The number of carbonyl (C=O) groups is 3. The van der Waals surface area contributed by atoms with Gasteiger partial charge in [0.25, 0.3) is 5.67 Å². The molecule has 3 aliphatic rings. The lowest BCUT2D eigenvalue weighted by atomic mass is 9.72. The monoisotopic (exact) mass is 872 g/mol. The molecule has 5 rings (SSSR count). The van der Waals surface area contributed by atoms with Crippen LogP contribution in [0.2, 0.25) is 0 Å². The highest BCUT2D eigenvalue weighted by atomic mass is 19.1. The van der Waals surface area contributed by atoms with Gasteiger partial charge in [-0.25, -0.2) is 24.1 Å². The van der Waals surface area contributed by atoms with Crippen molar-refractivity contribution in [1.29, 1.82) is 0 Å². The average molecular weight is 873 g/mol.